The second kappa shape index (κ2) is 6.64. The van der Waals surface area contributed by atoms with Gasteiger partial charge in [0.15, 0.2) is 0 Å². The van der Waals surface area contributed by atoms with Gasteiger partial charge >= 0.3 is 12.4 Å². The minimum atomic E-state index is -4.89. The van der Waals surface area contributed by atoms with Crippen molar-refractivity contribution in [2.24, 2.45) is 5.73 Å². The molecular weight excluding hydrogens is 312 g/mol. The molecule has 1 rings (SSSR count). The monoisotopic (exact) mass is 323 g/mol. The molecule has 1 aromatic carbocycles. The van der Waals surface area contributed by atoms with Crippen molar-refractivity contribution in [3.63, 3.8) is 0 Å². The van der Waals surface area contributed by atoms with Crippen LogP contribution in [0.15, 0.2) is 18.2 Å². The number of alkyl halides is 6. The van der Waals surface area contributed by atoms with E-state index in [1.54, 1.807) is 0 Å². The lowest BCUT2D eigenvalue weighted by atomic mass is 9.98. The van der Waals surface area contributed by atoms with E-state index in [0.29, 0.717) is 12.1 Å². The van der Waals surface area contributed by atoms with Gasteiger partial charge in [0.2, 0.25) is 0 Å². The van der Waals surface area contributed by atoms with Gasteiger partial charge < -0.3 is 10.8 Å². The minimum absolute atomic E-state index is 0. The zero-order valence-corrected chi connectivity index (χ0v) is 10.7. The molecule has 0 aliphatic rings. The number of hydrogen-bond acceptors (Lipinski definition) is 2. The summed E-state index contributed by atoms with van der Waals surface area (Å²) in [4.78, 5) is 0. The summed E-state index contributed by atoms with van der Waals surface area (Å²) in [5.74, 6) is 0. The number of halogens is 7. The number of hydrogen-bond donors (Lipinski definition) is 2. The van der Waals surface area contributed by atoms with Crippen molar-refractivity contribution in [2.45, 2.75) is 24.8 Å². The third-order valence-electron chi connectivity index (χ3n) is 2.48. The van der Waals surface area contributed by atoms with Crippen LogP contribution in [0.5, 0.6) is 0 Å². The van der Waals surface area contributed by atoms with Crippen LogP contribution in [-0.4, -0.2) is 11.7 Å². The van der Waals surface area contributed by atoms with Crippen LogP contribution in [0.4, 0.5) is 26.3 Å². The van der Waals surface area contributed by atoms with Crippen LogP contribution in [0.3, 0.4) is 0 Å². The Morgan fingerprint density at radius 1 is 0.950 bits per heavy atom. The lowest BCUT2D eigenvalue weighted by Gasteiger charge is -2.17. The third kappa shape index (κ3) is 4.84. The average Bonchev–Trinajstić information content (AvgIpc) is 2.26. The van der Waals surface area contributed by atoms with Gasteiger partial charge in [-0.05, 0) is 30.2 Å². The number of rotatable bonds is 3. The van der Waals surface area contributed by atoms with Crippen molar-refractivity contribution in [3.8, 4) is 0 Å². The molecule has 0 heterocycles. The summed E-state index contributed by atoms with van der Waals surface area (Å²) in [6.07, 6.45) is -9.91. The van der Waals surface area contributed by atoms with E-state index >= 15 is 0 Å². The van der Waals surface area contributed by atoms with E-state index in [1.165, 1.54) is 0 Å². The van der Waals surface area contributed by atoms with Crippen molar-refractivity contribution in [1.82, 2.24) is 0 Å². The molecule has 0 radical (unpaired) electrons. The number of nitrogens with two attached hydrogens (primary N) is 1. The lowest BCUT2D eigenvalue weighted by molar-refractivity contribution is -0.143. The maximum atomic E-state index is 12.5. The van der Waals surface area contributed by atoms with Crippen molar-refractivity contribution >= 4 is 12.4 Å². The Morgan fingerprint density at radius 2 is 1.35 bits per heavy atom. The summed E-state index contributed by atoms with van der Waals surface area (Å²) in [5.41, 5.74) is 2.30. The first-order chi connectivity index (χ1) is 8.55. The Labute approximate surface area is 117 Å². The van der Waals surface area contributed by atoms with Gasteiger partial charge in [-0.1, -0.05) is 0 Å². The van der Waals surface area contributed by atoms with E-state index in [-0.39, 0.29) is 30.5 Å². The van der Waals surface area contributed by atoms with Crippen LogP contribution in [-0.2, 0) is 12.4 Å². The SMILES string of the molecule is Cl.N[C@@H](CCO)c1cc(C(F)(F)F)cc(C(F)(F)F)c1. The molecule has 116 valence electrons. The minimum Gasteiger partial charge on any atom is -0.396 e. The van der Waals surface area contributed by atoms with Crippen LogP contribution in [0.25, 0.3) is 0 Å². The predicted molar refractivity (Wildman–Crippen MR) is 62.3 cm³/mol. The van der Waals surface area contributed by atoms with E-state index in [9.17, 15) is 26.3 Å². The summed E-state index contributed by atoms with van der Waals surface area (Å²) in [6.45, 7) is -0.432. The molecule has 0 aliphatic heterocycles. The van der Waals surface area contributed by atoms with Crippen molar-refractivity contribution in [2.75, 3.05) is 6.61 Å². The Balaban J connectivity index is 0.00000361. The molecule has 0 aliphatic carbocycles. The molecule has 0 bridgehead atoms. The fraction of sp³-hybridized carbons (Fsp3) is 0.455. The van der Waals surface area contributed by atoms with Crippen molar-refractivity contribution in [3.05, 3.63) is 34.9 Å². The highest BCUT2D eigenvalue weighted by Gasteiger charge is 2.37. The molecule has 0 amide bonds. The quantitative estimate of drug-likeness (QED) is 0.836. The van der Waals surface area contributed by atoms with Gasteiger partial charge in [0.1, 0.15) is 0 Å². The van der Waals surface area contributed by atoms with E-state index in [1.807, 2.05) is 0 Å². The Morgan fingerprint density at radius 3 is 1.65 bits per heavy atom. The topological polar surface area (TPSA) is 46.2 Å². The van der Waals surface area contributed by atoms with E-state index < -0.39 is 36.1 Å². The summed E-state index contributed by atoms with van der Waals surface area (Å²) < 4.78 is 75.2. The second-order valence-electron chi connectivity index (χ2n) is 3.96. The van der Waals surface area contributed by atoms with Gasteiger partial charge in [-0.2, -0.15) is 26.3 Å². The van der Waals surface area contributed by atoms with Gasteiger partial charge in [0.05, 0.1) is 11.1 Å². The van der Waals surface area contributed by atoms with Gasteiger partial charge in [-0.25, -0.2) is 0 Å². The van der Waals surface area contributed by atoms with Gasteiger partial charge in [0, 0.05) is 12.6 Å². The smallest absolute Gasteiger partial charge is 0.396 e. The zero-order chi connectivity index (χ0) is 14.8. The molecule has 0 unspecified atom stereocenters. The van der Waals surface area contributed by atoms with Crippen LogP contribution in [0, 0.1) is 0 Å². The molecule has 0 saturated heterocycles. The third-order valence-corrected chi connectivity index (χ3v) is 2.48. The lowest BCUT2D eigenvalue weighted by Crippen LogP contribution is -2.17. The van der Waals surface area contributed by atoms with Crippen LogP contribution >= 0.6 is 12.4 Å². The summed E-state index contributed by atoms with van der Waals surface area (Å²) in [7, 11) is 0. The molecule has 1 atom stereocenters. The molecule has 2 nitrogen and oxygen atoms in total. The molecule has 0 aromatic heterocycles. The zero-order valence-electron chi connectivity index (χ0n) is 9.92. The summed E-state index contributed by atoms with van der Waals surface area (Å²) >= 11 is 0. The van der Waals surface area contributed by atoms with E-state index in [0.717, 1.165) is 0 Å². The molecule has 0 fully saturated rings. The first kappa shape index (κ1) is 19.0. The molecule has 1 aromatic rings. The van der Waals surface area contributed by atoms with Crippen LogP contribution in [0.2, 0.25) is 0 Å². The van der Waals surface area contributed by atoms with Crippen molar-refractivity contribution in [1.29, 1.82) is 0 Å². The number of benzene rings is 1. The van der Waals surface area contributed by atoms with Crippen molar-refractivity contribution < 1.29 is 31.4 Å². The molecule has 0 saturated carbocycles. The Kier molecular flexibility index (Phi) is 6.31. The molecule has 20 heavy (non-hydrogen) atoms. The normalized spacial score (nSPS) is 13.8. The highest BCUT2D eigenvalue weighted by molar-refractivity contribution is 5.85. The van der Waals surface area contributed by atoms with Crippen LogP contribution in [0.1, 0.15) is 29.2 Å². The highest BCUT2D eigenvalue weighted by Crippen LogP contribution is 2.37. The fourth-order valence-electron chi connectivity index (χ4n) is 1.50. The van der Waals surface area contributed by atoms with Gasteiger partial charge in [0.25, 0.3) is 0 Å². The fourth-order valence-corrected chi connectivity index (χ4v) is 1.50. The summed E-state index contributed by atoms with van der Waals surface area (Å²) in [5, 5.41) is 8.63. The molecular formula is C11H12ClF6NO. The second-order valence-corrected chi connectivity index (χ2v) is 3.96. The Bertz CT molecular complexity index is 413. The van der Waals surface area contributed by atoms with E-state index in [2.05, 4.69) is 0 Å². The molecule has 0 spiro atoms. The Hall–Kier alpha value is -0.990. The standard InChI is InChI=1S/C11H11F6NO.ClH/c12-10(13,14)7-3-6(9(18)1-2-19)4-8(5-7)11(15,16)17;/h3-5,9,19H,1-2,18H2;1H/t9-;/m0./s1. The maximum absolute atomic E-state index is 12.5. The first-order valence-electron chi connectivity index (χ1n) is 5.21. The predicted octanol–water partition coefficient (Wildman–Crippen LogP) is 3.53. The summed E-state index contributed by atoms with van der Waals surface area (Å²) in [6, 6.07) is 0.0775. The largest absolute Gasteiger partial charge is 0.416 e. The first-order valence-corrected chi connectivity index (χ1v) is 5.21. The highest BCUT2D eigenvalue weighted by atomic mass is 35.5. The van der Waals surface area contributed by atoms with Gasteiger partial charge in [-0.3, -0.25) is 0 Å². The van der Waals surface area contributed by atoms with Crippen LogP contribution < -0.4 is 5.73 Å². The molecule has 9 heteroatoms. The number of aliphatic hydroxyl groups excluding tert-OH is 1. The number of aliphatic hydroxyl groups is 1. The van der Waals surface area contributed by atoms with Gasteiger partial charge in [-0.15, -0.1) is 12.4 Å². The van der Waals surface area contributed by atoms with E-state index in [4.69, 9.17) is 10.8 Å². The average molecular weight is 324 g/mol. The maximum Gasteiger partial charge on any atom is 0.416 e. The molecule has 3 N–H and O–H groups in total.